The first-order valence-electron chi connectivity index (χ1n) is 12.9. The summed E-state index contributed by atoms with van der Waals surface area (Å²) in [6.07, 6.45) is 0.917. The molecule has 0 saturated carbocycles. The van der Waals surface area contributed by atoms with Gasteiger partial charge in [0.2, 0.25) is 0 Å². The number of fused-ring (bicyclic) bond motifs is 10. The lowest BCUT2D eigenvalue weighted by Gasteiger charge is -2.05. The summed E-state index contributed by atoms with van der Waals surface area (Å²) in [7, 11) is 6.55. The first-order chi connectivity index (χ1) is 18.1. The summed E-state index contributed by atoms with van der Waals surface area (Å²) in [6, 6.07) is 36.0. The molecule has 8 aromatic rings. The molecule has 0 saturated heterocycles. The molecule has 0 aliphatic heterocycles. The van der Waals surface area contributed by atoms with Gasteiger partial charge in [0.25, 0.3) is 0 Å². The number of para-hydroxylation sites is 2. The van der Waals surface area contributed by atoms with Crippen molar-refractivity contribution in [2.24, 2.45) is 21.1 Å². The second kappa shape index (κ2) is 7.27. The lowest BCUT2D eigenvalue weighted by atomic mass is 10.0. The standard InChI is InChI=1S/C34H27N3/c1-35-29-11-7-5-9-26(29)33-31(35)17-15-25-27-19-21(13-16-30(27)37(3)34(25)33)18-22-12-14-24-23-8-4-6-10-28(23)36(2)32(24)20-22/h4-17,19-20H,18H2,1-3H3. The maximum atomic E-state index is 2.40. The Morgan fingerprint density at radius 2 is 1.00 bits per heavy atom. The Morgan fingerprint density at radius 3 is 1.84 bits per heavy atom. The Kier molecular flexibility index (Phi) is 4.06. The van der Waals surface area contributed by atoms with Crippen molar-refractivity contribution in [3.63, 3.8) is 0 Å². The van der Waals surface area contributed by atoms with E-state index in [2.05, 4.69) is 132 Å². The van der Waals surface area contributed by atoms with Crippen LogP contribution in [0.25, 0.3) is 65.4 Å². The summed E-state index contributed by atoms with van der Waals surface area (Å²) in [4.78, 5) is 0. The molecule has 0 atom stereocenters. The fraction of sp³-hybridized carbons (Fsp3) is 0.118. The minimum Gasteiger partial charge on any atom is -0.344 e. The zero-order chi connectivity index (χ0) is 24.8. The first kappa shape index (κ1) is 20.7. The lowest BCUT2D eigenvalue weighted by molar-refractivity contribution is 1.01. The van der Waals surface area contributed by atoms with E-state index in [1.165, 1.54) is 76.5 Å². The van der Waals surface area contributed by atoms with Crippen LogP contribution >= 0.6 is 0 Å². The third-order valence-corrected chi connectivity index (χ3v) is 8.49. The molecule has 0 bridgehead atoms. The Bertz CT molecular complexity index is 2200. The molecule has 0 aliphatic carbocycles. The third-order valence-electron chi connectivity index (χ3n) is 8.49. The number of hydrogen-bond acceptors (Lipinski definition) is 0. The SMILES string of the molecule is Cn1c2ccccc2c2ccc(Cc3ccc4c(c3)c3ccc5c(c6ccccc6n5C)c3n4C)cc21. The molecular formula is C34H27N3. The molecule has 178 valence electrons. The van der Waals surface area contributed by atoms with Crippen molar-refractivity contribution in [3.8, 4) is 0 Å². The zero-order valence-corrected chi connectivity index (χ0v) is 21.3. The van der Waals surface area contributed by atoms with Gasteiger partial charge < -0.3 is 13.7 Å². The number of nitrogens with zero attached hydrogens (tertiary/aromatic N) is 3. The molecule has 0 aliphatic rings. The summed E-state index contributed by atoms with van der Waals surface area (Å²) in [5, 5.41) is 7.97. The molecule has 3 heterocycles. The summed E-state index contributed by atoms with van der Waals surface area (Å²) in [6.45, 7) is 0. The average molecular weight is 478 g/mol. The maximum absolute atomic E-state index is 2.40. The fourth-order valence-electron chi connectivity index (χ4n) is 6.67. The molecule has 3 aromatic heterocycles. The van der Waals surface area contributed by atoms with E-state index >= 15 is 0 Å². The van der Waals surface area contributed by atoms with E-state index in [0.717, 1.165) is 6.42 Å². The molecule has 3 heteroatoms. The Hall–Kier alpha value is -4.50. The van der Waals surface area contributed by atoms with Gasteiger partial charge in [-0.2, -0.15) is 0 Å². The topological polar surface area (TPSA) is 14.8 Å². The molecular weight excluding hydrogens is 450 g/mol. The van der Waals surface area contributed by atoms with Gasteiger partial charge in [0.1, 0.15) is 0 Å². The van der Waals surface area contributed by atoms with Crippen LogP contribution in [0.5, 0.6) is 0 Å². The number of aryl methyl sites for hydroxylation is 3. The molecule has 3 nitrogen and oxygen atoms in total. The minimum absolute atomic E-state index is 0.917. The van der Waals surface area contributed by atoms with E-state index in [1.54, 1.807) is 0 Å². The number of benzene rings is 5. The minimum atomic E-state index is 0.917. The van der Waals surface area contributed by atoms with E-state index < -0.39 is 0 Å². The van der Waals surface area contributed by atoms with Crippen LogP contribution in [-0.2, 0) is 27.6 Å². The second-order valence-electron chi connectivity index (χ2n) is 10.4. The molecule has 0 fully saturated rings. The van der Waals surface area contributed by atoms with Gasteiger partial charge in [-0.3, -0.25) is 0 Å². The van der Waals surface area contributed by atoms with Crippen LogP contribution in [0.4, 0.5) is 0 Å². The Balaban J connectivity index is 1.30. The smallest absolute Gasteiger partial charge is 0.0590 e. The van der Waals surface area contributed by atoms with Crippen LogP contribution in [-0.4, -0.2) is 13.7 Å². The summed E-state index contributed by atoms with van der Waals surface area (Å²) < 4.78 is 7.01. The van der Waals surface area contributed by atoms with Crippen molar-refractivity contribution in [2.75, 3.05) is 0 Å². The fourth-order valence-corrected chi connectivity index (χ4v) is 6.67. The zero-order valence-electron chi connectivity index (χ0n) is 21.3. The van der Waals surface area contributed by atoms with Gasteiger partial charge in [-0.15, -0.1) is 0 Å². The van der Waals surface area contributed by atoms with Crippen LogP contribution < -0.4 is 0 Å². The van der Waals surface area contributed by atoms with Gasteiger partial charge in [0.05, 0.1) is 11.0 Å². The highest BCUT2D eigenvalue weighted by molar-refractivity contribution is 6.25. The van der Waals surface area contributed by atoms with Gasteiger partial charge in [-0.05, 0) is 53.9 Å². The van der Waals surface area contributed by atoms with Gasteiger partial charge >= 0.3 is 0 Å². The molecule has 5 aromatic carbocycles. The molecule has 0 radical (unpaired) electrons. The second-order valence-corrected chi connectivity index (χ2v) is 10.4. The summed E-state index contributed by atoms with van der Waals surface area (Å²) in [5.41, 5.74) is 10.4. The number of aromatic nitrogens is 3. The summed E-state index contributed by atoms with van der Waals surface area (Å²) in [5.74, 6) is 0. The van der Waals surface area contributed by atoms with E-state index in [4.69, 9.17) is 0 Å². The predicted octanol–water partition coefficient (Wildman–Crippen LogP) is 8.21. The van der Waals surface area contributed by atoms with Crippen LogP contribution in [0.2, 0.25) is 0 Å². The van der Waals surface area contributed by atoms with Crippen molar-refractivity contribution >= 4 is 65.4 Å². The Morgan fingerprint density at radius 1 is 0.432 bits per heavy atom. The average Bonchev–Trinajstić information content (AvgIpc) is 3.50. The van der Waals surface area contributed by atoms with Crippen molar-refractivity contribution in [3.05, 3.63) is 108 Å². The van der Waals surface area contributed by atoms with Gasteiger partial charge in [0.15, 0.2) is 0 Å². The third kappa shape index (κ3) is 2.71. The first-order valence-corrected chi connectivity index (χ1v) is 12.9. The maximum Gasteiger partial charge on any atom is 0.0590 e. The Labute approximate surface area is 214 Å². The normalized spacial score (nSPS) is 12.3. The van der Waals surface area contributed by atoms with Gasteiger partial charge in [0, 0.05) is 75.5 Å². The quantitative estimate of drug-likeness (QED) is 0.238. The van der Waals surface area contributed by atoms with Crippen molar-refractivity contribution in [1.29, 1.82) is 0 Å². The summed E-state index contributed by atoms with van der Waals surface area (Å²) >= 11 is 0. The highest BCUT2D eigenvalue weighted by Gasteiger charge is 2.17. The van der Waals surface area contributed by atoms with E-state index in [9.17, 15) is 0 Å². The highest BCUT2D eigenvalue weighted by Crippen LogP contribution is 2.39. The largest absolute Gasteiger partial charge is 0.344 e. The molecule has 0 spiro atoms. The van der Waals surface area contributed by atoms with Crippen molar-refractivity contribution in [1.82, 2.24) is 13.7 Å². The number of hydrogen-bond donors (Lipinski definition) is 0. The predicted molar refractivity (Wildman–Crippen MR) is 158 cm³/mol. The number of rotatable bonds is 2. The van der Waals surface area contributed by atoms with Gasteiger partial charge in [-0.25, -0.2) is 0 Å². The highest BCUT2D eigenvalue weighted by atomic mass is 15.0. The van der Waals surface area contributed by atoms with Crippen LogP contribution in [0.15, 0.2) is 97.1 Å². The molecule has 37 heavy (non-hydrogen) atoms. The molecule has 0 amide bonds. The molecule has 0 unspecified atom stereocenters. The molecule has 8 rings (SSSR count). The van der Waals surface area contributed by atoms with Gasteiger partial charge in [-0.1, -0.05) is 60.7 Å². The monoisotopic (exact) mass is 477 g/mol. The van der Waals surface area contributed by atoms with Crippen molar-refractivity contribution in [2.45, 2.75) is 6.42 Å². The van der Waals surface area contributed by atoms with E-state index in [1.807, 2.05) is 0 Å². The van der Waals surface area contributed by atoms with E-state index in [0.29, 0.717) is 0 Å². The van der Waals surface area contributed by atoms with Crippen LogP contribution in [0.3, 0.4) is 0 Å². The van der Waals surface area contributed by atoms with E-state index in [-0.39, 0.29) is 0 Å². The molecule has 0 N–H and O–H groups in total. The lowest BCUT2D eigenvalue weighted by Crippen LogP contribution is -1.91. The van der Waals surface area contributed by atoms with Crippen molar-refractivity contribution < 1.29 is 0 Å². The van der Waals surface area contributed by atoms with Crippen LogP contribution in [0.1, 0.15) is 11.1 Å². The van der Waals surface area contributed by atoms with Crippen LogP contribution in [0, 0.1) is 0 Å².